The Balaban J connectivity index is 3.17. The fourth-order valence-corrected chi connectivity index (χ4v) is 1.94. The topological polar surface area (TPSA) is 12.9 Å². The summed E-state index contributed by atoms with van der Waals surface area (Å²) in [6.45, 7) is 0. The van der Waals surface area contributed by atoms with E-state index in [4.69, 9.17) is 23.2 Å². The Labute approximate surface area is 77.5 Å². The predicted octanol–water partition coefficient (Wildman–Crippen LogP) is 3.28. The number of hydrogen-bond acceptors (Lipinski definition) is 1. The molecule has 1 heterocycles. The number of halogens is 3. The Morgan fingerprint density at radius 3 is 2.60 bits per heavy atom. The highest BCUT2D eigenvalue weighted by atomic mass is 79.9. The van der Waals surface area contributed by atoms with Crippen molar-refractivity contribution in [1.82, 2.24) is 4.98 Å². The molecule has 4 heteroatoms. The first-order chi connectivity index (χ1) is 4.75. The largest absolute Gasteiger partial charge is 0.244 e. The zero-order chi connectivity index (χ0) is 7.56. The van der Waals surface area contributed by atoms with E-state index in [1.807, 2.05) is 0 Å². The molecule has 1 rings (SSSR count). The van der Waals surface area contributed by atoms with E-state index in [1.54, 1.807) is 12.3 Å². The average molecular weight is 241 g/mol. The van der Waals surface area contributed by atoms with Crippen molar-refractivity contribution >= 4 is 39.1 Å². The molecule has 54 valence electrons. The van der Waals surface area contributed by atoms with Crippen molar-refractivity contribution in [3.05, 3.63) is 28.0 Å². The molecule has 0 N–H and O–H groups in total. The monoisotopic (exact) mass is 239 g/mol. The molecule has 0 unspecified atom stereocenters. The minimum atomic E-state index is 0.462. The zero-order valence-electron chi connectivity index (χ0n) is 4.94. The van der Waals surface area contributed by atoms with Crippen molar-refractivity contribution in [1.29, 1.82) is 0 Å². The first-order valence-corrected chi connectivity index (χ1v) is 4.48. The minimum Gasteiger partial charge on any atom is -0.244 e. The first-order valence-electron chi connectivity index (χ1n) is 2.60. The molecule has 0 bridgehead atoms. The van der Waals surface area contributed by atoms with E-state index in [9.17, 15) is 0 Å². The summed E-state index contributed by atoms with van der Waals surface area (Å²) in [4.78, 5) is 3.86. The minimum absolute atomic E-state index is 0.462. The summed E-state index contributed by atoms with van der Waals surface area (Å²) in [5, 5.41) is 1.75. The van der Waals surface area contributed by atoms with E-state index in [-0.39, 0.29) is 0 Å². The maximum atomic E-state index is 5.78. The molecule has 10 heavy (non-hydrogen) atoms. The molecule has 0 saturated heterocycles. The lowest BCUT2D eigenvalue weighted by Crippen LogP contribution is -1.84. The van der Waals surface area contributed by atoms with E-state index in [2.05, 4.69) is 20.9 Å². The van der Waals surface area contributed by atoms with Crippen LogP contribution in [0.3, 0.4) is 0 Å². The van der Waals surface area contributed by atoms with Crippen LogP contribution < -0.4 is 0 Å². The third-order valence-corrected chi connectivity index (χ3v) is 2.32. The number of rotatable bonds is 1. The van der Waals surface area contributed by atoms with Gasteiger partial charge in [-0.25, -0.2) is 4.98 Å². The summed E-state index contributed by atoms with van der Waals surface area (Å²) >= 11 is 14.7. The van der Waals surface area contributed by atoms with Crippen molar-refractivity contribution in [2.75, 3.05) is 0 Å². The molecule has 0 fully saturated rings. The lowest BCUT2D eigenvalue weighted by molar-refractivity contribution is 1.26. The fraction of sp³-hybridized carbons (Fsp3) is 0.167. The smallest absolute Gasteiger partial charge is 0.134 e. The maximum absolute atomic E-state index is 5.78. The zero-order valence-corrected chi connectivity index (χ0v) is 8.04. The summed E-state index contributed by atoms with van der Waals surface area (Å²) in [6.07, 6.45) is 1.58. The third-order valence-electron chi connectivity index (χ3n) is 1.08. The van der Waals surface area contributed by atoms with Crippen LogP contribution in [0.2, 0.25) is 10.2 Å². The Bertz CT molecular complexity index is 219. The van der Waals surface area contributed by atoms with Crippen LogP contribution in [0.15, 0.2) is 12.3 Å². The van der Waals surface area contributed by atoms with Gasteiger partial charge in [0.25, 0.3) is 0 Å². The summed E-state index contributed by atoms with van der Waals surface area (Å²) in [7, 11) is 0. The van der Waals surface area contributed by atoms with Gasteiger partial charge < -0.3 is 0 Å². The van der Waals surface area contributed by atoms with Crippen molar-refractivity contribution in [3.63, 3.8) is 0 Å². The van der Waals surface area contributed by atoms with Gasteiger partial charge in [-0.15, -0.1) is 0 Å². The highest BCUT2D eigenvalue weighted by Crippen LogP contribution is 2.23. The van der Waals surface area contributed by atoms with Gasteiger partial charge in [0.05, 0.1) is 0 Å². The fourth-order valence-electron chi connectivity index (χ4n) is 0.564. The summed E-state index contributed by atoms with van der Waals surface area (Å²) < 4.78 is 0. The van der Waals surface area contributed by atoms with Crippen LogP contribution in [0, 0.1) is 0 Å². The Morgan fingerprint density at radius 1 is 1.50 bits per heavy atom. The second-order valence-electron chi connectivity index (χ2n) is 1.70. The second-order valence-corrected chi connectivity index (χ2v) is 3.02. The number of pyridine rings is 1. The molecule has 0 aromatic carbocycles. The van der Waals surface area contributed by atoms with Crippen molar-refractivity contribution < 1.29 is 0 Å². The lowest BCUT2D eigenvalue weighted by atomic mass is 10.3. The van der Waals surface area contributed by atoms with Crippen molar-refractivity contribution in [2.45, 2.75) is 5.33 Å². The molecule has 0 aliphatic carbocycles. The van der Waals surface area contributed by atoms with Gasteiger partial charge in [-0.05, 0) is 6.07 Å². The lowest BCUT2D eigenvalue weighted by Gasteiger charge is -1.99. The van der Waals surface area contributed by atoms with Gasteiger partial charge >= 0.3 is 0 Å². The highest BCUT2D eigenvalue weighted by molar-refractivity contribution is 9.08. The summed E-state index contributed by atoms with van der Waals surface area (Å²) in [5.74, 6) is 0. The second kappa shape index (κ2) is 3.56. The van der Waals surface area contributed by atoms with Gasteiger partial charge in [-0.2, -0.15) is 0 Å². The predicted molar refractivity (Wildman–Crippen MR) is 46.9 cm³/mol. The van der Waals surface area contributed by atoms with Gasteiger partial charge in [0, 0.05) is 22.1 Å². The molecule has 1 aromatic heterocycles. The Kier molecular flexibility index (Phi) is 2.96. The van der Waals surface area contributed by atoms with Crippen molar-refractivity contribution in [3.8, 4) is 0 Å². The van der Waals surface area contributed by atoms with Gasteiger partial charge in [-0.1, -0.05) is 39.1 Å². The standard InChI is InChI=1S/C6H4BrCl2N/c7-3-4-5(8)1-2-10-6(4)9/h1-2H,3H2. The van der Waals surface area contributed by atoms with Crippen LogP contribution >= 0.6 is 39.1 Å². The average Bonchev–Trinajstić information content (AvgIpc) is 1.88. The van der Waals surface area contributed by atoms with Crippen LogP contribution in [0.5, 0.6) is 0 Å². The molecule has 0 aliphatic heterocycles. The molecule has 0 aliphatic rings. The van der Waals surface area contributed by atoms with Crippen LogP contribution in [0.4, 0.5) is 0 Å². The van der Waals surface area contributed by atoms with Gasteiger partial charge in [-0.3, -0.25) is 0 Å². The number of aromatic nitrogens is 1. The van der Waals surface area contributed by atoms with Crippen molar-refractivity contribution in [2.24, 2.45) is 0 Å². The van der Waals surface area contributed by atoms with E-state index in [0.29, 0.717) is 15.5 Å². The van der Waals surface area contributed by atoms with Gasteiger partial charge in [0.1, 0.15) is 5.15 Å². The quantitative estimate of drug-likeness (QED) is 0.543. The SMILES string of the molecule is Clc1ccnc(Cl)c1CBr. The third kappa shape index (κ3) is 1.62. The number of nitrogens with zero attached hydrogens (tertiary/aromatic N) is 1. The highest BCUT2D eigenvalue weighted by Gasteiger charge is 2.02. The van der Waals surface area contributed by atoms with E-state index in [0.717, 1.165) is 5.56 Å². The molecule has 0 atom stereocenters. The molecule has 0 radical (unpaired) electrons. The molecular weight excluding hydrogens is 237 g/mol. The number of hydrogen-bond donors (Lipinski definition) is 0. The number of alkyl halides is 1. The molecule has 1 aromatic rings. The summed E-state index contributed by atoms with van der Waals surface area (Å²) in [6, 6.07) is 1.71. The van der Waals surface area contributed by atoms with Crippen LogP contribution in [-0.4, -0.2) is 4.98 Å². The van der Waals surface area contributed by atoms with Gasteiger partial charge in [0.15, 0.2) is 0 Å². The molecular formula is C6H4BrCl2N. The normalized spacial score (nSPS) is 9.90. The van der Waals surface area contributed by atoms with Gasteiger partial charge in [0.2, 0.25) is 0 Å². The Hall–Kier alpha value is 0.210. The maximum Gasteiger partial charge on any atom is 0.134 e. The van der Waals surface area contributed by atoms with E-state index >= 15 is 0 Å². The first kappa shape index (κ1) is 8.31. The van der Waals surface area contributed by atoms with Crippen LogP contribution in [-0.2, 0) is 5.33 Å². The van der Waals surface area contributed by atoms with E-state index in [1.165, 1.54) is 0 Å². The summed E-state index contributed by atoms with van der Waals surface area (Å²) in [5.41, 5.74) is 0.839. The Morgan fingerprint density at radius 2 is 2.20 bits per heavy atom. The van der Waals surface area contributed by atoms with Crippen LogP contribution in [0.1, 0.15) is 5.56 Å². The van der Waals surface area contributed by atoms with E-state index < -0.39 is 0 Å². The van der Waals surface area contributed by atoms with Crippen LogP contribution in [0.25, 0.3) is 0 Å². The molecule has 0 amide bonds. The molecule has 0 saturated carbocycles. The molecule has 0 spiro atoms. The molecule has 1 nitrogen and oxygen atoms in total.